The van der Waals surface area contributed by atoms with Crippen molar-refractivity contribution in [1.29, 1.82) is 0 Å². The predicted molar refractivity (Wildman–Crippen MR) is 87.9 cm³/mol. The second-order valence-corrected chi connectivity index (χ2v) is 8.74. The SMILES string of the molecule is CC1CCN(Cc2nc(-c3ccc(Cl)cc3)no2)CCS1(=O)=O. The van der Waals surface area contributed by atoms with E-state index in [0.29, 0.717) is 42.8 Å². The Hall–Kier alpha value is -1.44. The maximum atomic E-state index is 11.9. The summed E-state index contributed by atoms with van der Waals surface area (Å²) in [7, 11) is -2.99. The van der Waals surface area contributed by atoms with E-state index >= 15 is 0 Å². The van der Waals surface area contributed by atoms with Crippen LogP contribution < -0.4 is 0 Å². The van der Waals surface area contributed by atoms with Crippen LogP contribution in [0.1, 0.15) is 19.2 Å². The van der Waals surface area contributed by atoms with Gasteiger partial charge < -0.3 is 4.52 Å². The van der Waals surface area contributed by atoms with Gasteiger partial charge in [0.2, 0.25) is 11.7 Å². The zero-order chi connectivity index (χ0) is 16.4. The summed E-state index contributed by atoms with van der Waals surface area (Å²) in [5.41, 5.74) is 0.830. The van der Waals surface area contributed by atoms with E-state index in [4.69, 9.17) is 16.1 Å². The van der Waals surface area contributed by atoms with E-state index in [1.807, 2.05) is 17.0 Å². The largest absolute Gasteiger partial charge is 0.338 e. The predicted octanol–water partition coefficient (Wildman–Crippen LogP) is 2.40. The van der Waals surface area contributed by atoms with Crippen molar-refractivity contribution < 1.29 is 12.9 Å². The van der Waals surface area contributed by atoms with Crippen molar-refractivity contribution in [2.45, 2.75) is 25.1 Å². The van der Waals surface area contributed by atoms with Crippen LogP contribution in [-0.4, -0.2) is 47.6 Å². The fourth-order valence-corrected chi connectivity index (χ4v) is 4.00. The molecule has 124 valence electrons. The van der Waals surface area contributed by atoms with Gasteiger partial charge in [0.25, 0.3) is 0 Å². The first-order chi connectivity index (χ1) is 10.9. The Morgan fingerprint density at radius 1 is 1.30 bits per heavy atom. The maximum absolute atomic E-state index is 11.9. The summed E-state index contributed by atoms with van der Waals surface area (Å²) in [5, 5.41) is 4.33. The number of hydrogen-bond donors (Lipinski definition) is 0. The van der Waals surface area contributed by atoms with Gasteiger partial charge in [0.1, 0.15) is 0 Å². The van der Waals surface area contributed by atoms with Crippen LogP contribution in [0.3, 0.4) is 0 Å². The number of halogens is 1. The fraction of sp³-hybridized carbons (Fsp3) is 0.467. The number of sulfone groups is 1. The van der Waals surface area contributed by atoms with E-state index < -0.39 is 9.84 Å². The molecule has 1 unspecified atom stereocenters. The molecular weight excluding hydrogens is 338 g/mol. The molecule has 0 saturated carbocycles. The van der Waals surface area contributed by atoms with Crippen molar-refractivity contribution in [3.05, 3.63) is 35.2 Å². The smallest absolute Gasteiger partial charge is 0.241 e. The Morgan fingerprint density at radius 2 is 2.04 bits per heavy atom. The average molecular weight is 356 g/mol. The molecule has 8 heteroatoms. The van der Waals surface area contributed by atoms with E-state index in [1.165, 1.54) is 0 Å². The summed E-state index contributed by atoms with van der Waals surface area (Å²) >= 11 is 5.86. The van der Waals surface area contributed by atoms with Crippen LogP contribution in [0.25, 0.3) is 11.4 Å². The van der Waals surface area contributed by atoms with Gasteiger partial charge >= 0.3 is 0 Å². The second-order valence-electron chi connectivity index (χ2n) is 5.76. The van der Waals surface area contributed by atoms with Gasteiger partial charge in [0, 0.05) is 17.1 Å². The Bertz CT molecular complexity index is 774. The van der Waals surface area contributed by atoms with Crippen LogP contribution in [0.5, 0.6) is 0 Å². The van der Waals surface area contributed by atoms with E-state index in [-0.39, 0.29) is 11.0 Å². The second kappa shape index (κ2) is 6.59. The highest BCUT2D eigenvalue weighted by molar-refractivity contribution is 7.92. The quantitative estimate of drug-likeness (QED) is 0.841. The van der Waals surface area contributed by atoms with Crippen molar-refractivity contribution in [3.63, 3.8) is 0 Å². The number of nitrogens with zero attached hydrogens (tertiary/aromatic N) is 3. The molecule has 1 saturated heterocycles. The van der Waals surface area contributed by atoms with Gasteiger partial charge in [0.15, 0.2) is 9.84 Å². The van der Waals surface area contributed by atoms with Crippen molar-refractivity contribution >= 4 is 21.4 Å². The first-order valence-electron chi connectivity index (χ1n) is 7.46. The average Bonchev–Trinajstić information content (AvgIpc) is 2.94. The molecule has 1 aliphatic heterocycles. The minimum absolute atomic E-state index is 0.173. The molecular formula is C15H18ClN3O3S. The molecule has 0 radical (unpaired) electrons. The topological polar surface area (TPSA) is 76.3 Å². The Labute approximate surface area is 140 Å². The summed E-state index contributed by atoms with van der Waals surface area (Å²) in [6.45, 7) is 3.43. The van der Waals surface area contributed by atoms with Gasteiger partial charge in [-0.2, -0.15) is 4.98 Å². The van der Waals surface area contributed by atoms with E-state index in [9.17, 15) is 8.42 Å². The Balaban J connectivity index is 1.68. The molecule has 0 spiro atoms. The highest BCUT2D eigenvalue weighted by atomic mass is 35.5. The Kier molecular flexibility index (Phi) is 4.70. The minimum Gasteiger partial charge on any atom is -0.338 e. The lowest BCUT2D eigenvalue weighted by Gasteiger charge is -2.16. The van der Waals surface area contributed by atoms with E-state index in [0.717, 1.165) is 5.56 Å². The molecule has 0 bridgehead atoms. The molecule has 0 amide bonds. The third kappa shape index (κ3) is 3.91. The monoisotopic (exact) mass is 355 g/mol. The standard InChI is InChI=1S/C15H18ClN3O3S/c1-11-6-7-19(8-9-23(11,20)21)10-14-17-15(18-22-14)12-2-4-13(16)5-3-12/h2-5,11H,6-10H2,1H3. The summed E-state index contributed by atoms with van der Waals surface area (Å²) in [6, 6.07) is 7.20. The molecule has 3 rings (SSSR count). The normalized spacial score (nSPS) is 21.9. The van der Waals surface area contributed by atoms with Crippen LogP contribution in [0.4, 0.5) is 0 Å². The molecule has 1 aromatic heterocycles. The molecule has 1 aromatic carbocycles. The molecule has 1 aliphatic rings. The van der Waals surface area contributed by atoms with Gasteiger partial charge in [-0.3, -0.25) is 4.90 Å². The summed E-state index contributed by atoms with van der Waals surface area (Å²) < 4.78 is 29.1. The van der Waals surface area contributed by atoms with Crippen LogP contribution in [0.15, 0.2) is 28.8 Å². The lowest BCUT2D eigenvalue weighted by Crippen LogP contribution is -2.26. The first-order valence-corrected chi connectivity index (χ1v) is 9.56. The van der Waals surface area contributed by atoms with Gasteiger partial charge in [0.05, 0.1) is 17.5 Å². The third-order valence-corrected chi connectivity index (χ3v) is 6.55. The number of hydrogen-bond acceptors (Lipinski definition) is 6. The van der Waals surface area contributed by atoms with Gasteiger partial charge in [-0.1, -0.05) is 16.8 Å². The van der Waals surface area contributed by atoms with Crippen LogP contribution in [0, 0.1) is 0 Å². The molecule has 23 heavy (non-hydrogen) atoms. The van der Waals surface area contributed by atoms with E-state index in [2.05, 4.69) is 10.1 Å². The number of rotatable bonds is 3. The van der Waals surface area contributed by atoms with Gasteiger partial charge in [-0.15, -0.1) is 0 Å². The summed E-state index contributed by atoms with van der Waals surface area (Å²) in [6.07, 6.45) is 0.626. The van der Waals surface area contributed by atoms with Crippen molar-refractivity contribution in [3.8, 4) is 11.4 Å². The lowest BCUT2D eigenvalue weighted by atomic mass is 10.2. The van der Waals surface area contributed by atoms with Crippen molar-refractivity contribution in [1.82, 2.24) is 15.0 Å². The highest BCUT2D eigenvalue weighted by Crippen LogP contribution is 2.20. The number of benzene rings is 1. The molecule has 0 N–H and O–H groups in total. The fourth-order valence-electron chi connectivity index (χ4n) is 2.50. The first kappa shape index (κ1) is 16.4. The number of aromatic nitrogens is 2. The van der Waals surface area contributed by atoms with Gasteiger partial charge in [-0.25, -0.2) is 8.42 Å². The zero-order valence-electron chi connectivity index (χ0n) is 12.8. The molecule has 6 nitrogen and oxygen atoms in total. The molecule has 0 aliphatic carbocycles. The molecule has 1 fully saturated rings. The van der Waals surface area contributed by atoms with Crippen LogP contribution in [0.2, 0.25) is 5.02 Å². The summed E-state index contributed by atoms with van der Waals surface area (Å²) in [5.74, 6) is 1.17. The highest BCUT2D eigenvalue weighted by Gasteiger charge is 2.27. The minimum atomic E-state index is -2.99. The van der Waals surface area contributed by atoms with E-state index in [1.54, 1.807) is 19.1 Å². The van der Waals surface area contributed by atoms with Crippen molar-refractivity contribution in [2.75, 3.05) is 18.8 Å². The van der Waals surface area contributed by atoms with Crippen LogP contribution >= 0.6 is 11.6 Å². The third-order valence-electron chi connectivity index (χ3n) is 4.09. The lowest BCUT2D eigenvalue weighted by molar-refractivity contribution is 0.238. The molecule has 2 heterocycles. The Morgan fingerprint density at radius 3 is 2.78 bits per heavy atom. The van der Waals surface area contributed by atoms with Crippen LogP contribution in [-0.2, 0) is 16.4 Å². The van der Waals surface area contributed by atoms with Crippen molar-refractivity contribution in [2.24, 2.45) is 0 Å². The zero-order valence-corrected chi connectivity index (χ0v) is 14.3. The molecule has 1 atom stereocenters. The maximum Gasteiger partial charge on any atom is 0.241 e. The van der Waals surface area contributed by atoms with Gasteiger partial charge in [-0.05, 0) is 44.2 Å². The molecule has 2 aromatic rings. The summed E-state index contributed by atoms with van der Waals surface area (Å²) in [4.78, 5) is 6.42.